The van der Waals surface area contributed by atoms with Crippen molar-refractivity contribution in [1.82, 2.24) is 4.98 Å². The number of nitrogens with zero attached hydrogens (tertiary/aromatic N) is 3. The second kappa shape index (κ2) is 9.38. The van der Waals surface area contributed by atoms with Gasteiger partial charge in [0.05, 0.1) is 22.7 Å². The Labute approximate surface area is 220 Å². The fraction of sp³-hybridized carbons (Fsp3) is 0.233. The number of hydrogen-bond donors (Lipinski definition) is 1. The molecule has 0 spiro atoms. The zero-order chi connectivity index (χ0) is 26.2. The van der Waals surface area contributed by atoms with Crippen LogP contribution in [0.4, 0.5) is 5.13 Å². The van der Waals surface area contributed by atoms with Gasteiger partial charge in [-0.15, -0.1) is 11.3 Å². The highest BCUT2D eigenvalue weighted by Crippen LogP contribution is 2.55. The van der Waals surface area contributed by atoms with E-state index < -0.39 is 11.0 Å². The van der Waals surface area contributed by atoms with Crippen LogP contribution in [-0.2, 0) is 10.3 Å². The van der Waals surface area contributed by atoms with Crippen LogP contribution in [0.25, 0.3) is 11.3 Å². The number of nitrogens with one attached hydrogen (secondary N) is 1. The lowest BCUT2D eigenvalue weighted by Gasteiger charge is -2.45. The van der Waals surface area contributed by atoms with Gasteiger partial charge in [0, 0.05) is 38.2 Å². The molecule has 6 nitrogen and oxygen atoms in total. The minimum absolute atomic E-state index is 0.126. The summed E-state index contributed by atoms with van der Waals surface area (Å²) in [5.74, 6) is -0.296. The number of carbonyl (C=O) groups excluding carboxylic acids is 1. The highest BCUT2D eigenvalue weighted by Gasteiger charge is 2.60. The predicted molar refractivity (Wildman–Crippen MR) is 145 cm³/mol. The number of carbonyl (C=O) groups is 1. The summed E-state index contributed by atoms with van der Waals surface area (Å²) in [5.41, 5.74) is 3.09. The molecule has 1 aliphatic rings. The van der Waals surface area contributed by atoms with Crippen molar-refractivity contribution in [1.29, 1.82) is 5.26 Å². The van der Waals surface area contributed by atoms with E-state index in [-0.39, 0.29) is 11.8 Å². The summed E-state index contributed by atoms with van der Waals surface area (Å²) in [5, 5.41) is 14.5. The van der Waals surface area contributed by atoms with E-state index in [1.54, 1.807) is 19.2 Å². The summed E-state index contributed by atoms with van der Waals surface area (Å²) >= 11 is 1.35. The molecule has 3 aromatic carbocycles. The number of anilines is 1. The lowest BCUT2D eigenvalue weighted by Crippen LogP contribution is -2.52. The maximum absolute atomic E-state index is 14.0. The number of thiazole rings is 1. The first-order valence-electron chi connectivity index (χ1n) is 12.1. The van der Waals surface area contributed by atoms with Gasteiger partial charge in [-0.25, -0.2) is 4.98 Å². The van der Waals surface area contributed by atoms with Crippen LogP contribution in [0.2, 0.25) is 0 Å². The third-order valence-electron chi connectivity index (χ3n) is 7.79. The lowest BCUT2D eigenvalue weighted by molar-refractivity contribution is -0.605. The third-order valence-corrected chi connectivity index (χ3v) is 8.55. The minimum atomic E-state index is -1.01. The van der Waals surface area contributed by atoms with Crippen LogP contribution in [0.15, 0.2) is 84.2 Å². The Morgan fingerprint density at radius 3 is 2.43 bits per heavy atom. The topological polar surface area (TPSA) is 85.9 Å². The Balaban J connectivity index is 1.52. The Bertz CT molecular complexity index is 1520. The first kappa shape index (κ1) is 24.5. The molecule has 0 radical (unpaired) electrons. The van der Waals surface area contributed by atoms with Crippen LogP contribution in [-0.4, -0.2) is 22.7 Å². The number of benzene rings is 3. The van der Waals surface area contributed by atoms with Gasteiger partial charge in [-0.3, -0.25) is 4.79 Å². The molecule has 3 atom stereocenters. The van der Waals surface area contributed by atoms with Gasteiger partial charge in [0.2, 0.25) is 5.91 Å². The maximum atomic E-state index is 14.0. The Morgan fingerprint density at radius 1 is 1.08 bits per heavy atom. The van der Waals surface area contributed by atoms with Crippen molar-refractivity contribution in [2.24, 2.45) is 5.41 Å². The quantitative estimate of drug-likeness (QED) is 0.313. The molecular weight excluding hydrogens is 480 g/mol. The van der Waals surface area contributed by atoms with Gasteiger partial charge in [-0.05, 0) is 30.5 Å². The highest BCUT2D eigenvalue weighted by atomic mass is 32.1. The van der Waals surface area contributed by atoms with Crippen LogP contribution in [0.5, 0.6) is 0 Å². The number of rotatable bonds is 5. The van der Waals surface area contributed by atoms with Crippen molar-refractivity contribution >= 4 is 22.4 Å². The Hall–Kier alpha value is -4.15. The average molecular weight is 508 g/mol. The molecule has 1 amide bonds. The number of fused-ring (bicyclic) bond motifs is 1. The van der Waals surface area contributed by atoms with Crippen molar-refractivity contribution in [3.05, 3.63) is 111 Å². The van der Waals surface area contributed by atoms with Crippen molar-refractivity contribution in [3.8, 4) is 17.3 Å². The van der Waals surface area contributed by atoms with Crippen molar-refractivity contribution in [2.45, 2.75) is 31.7 Å². The number of nitriles is 1. The summed E-state index contributed by atoms with van der Waals surface area (Å²) in [6.45, 7) is 4.00. The van der Waals surface area contributed by atoms with E-state index in [2.05, 4.69) is 23.3 Å². The van der Waals surface area contributed by atoms with Crippen molar-refractivity contribution in [2.75, 3.05) is 12.4 Å². The number of aromatic nitrogens is 1. The van der Waals surface area contributed by atoms with E-state index in [1.165, 1.54) is 11.3 Å². The van der Waals surface area contributed by atoms with Crippen molar-refractivity contribution < 1.29 is 9.55 Å². The molecule has 1 aliphatic carbocycles. The molecule has 7 heteroatoms. The maximum Gasteiger partial charge on any atom is 0.261 e. The number of nitroso groups, excluding NO2 is 1. The van der Waals surface area contributed by atoms with E-state index in [0.29, 0.717) is 17.1 Å². The second-order valence-electron chi connectivity index (χ2n) is 9.81. The van der Waals surface area contributed by atoms with Gasteiger partial charge in [0.15, 0.2) is 12.2 Å². The normalized spacial score (nSPS) is 22.5. The molecule has 37 heavy (non-hydrogen) atoms. The van der Waals surface area contributed by atoms with E-state index in [9.17, 15) is 9.70 Å². The van der Waals surface area contributed by atoms with Crippen LogP contribution >= 0.6 is 11.3 Å². The Morgan fingerprint density at radius 2 is 1.76 bits per heavy atom. The van der Waals surface area contributed by atoms with Crippen molar-refractivity contribution in [3.63, 3.8) is 0 Å². The summed E-state index contributed by atoms with van der Waals surface area (Å²) in [6, 6.07) is 27.0. The fourth-order valence-electron chi connectivity index (χ4n) is 5.50. The van der Waals surface area contributed by atoms with E-state index in [4.69, 9.17) is 5.26 Å². The zero-order valence-electron chi connectivity index (χ0n) is 20.9. The van der Waals surface area contributed by atoms with Crippen LogP contribution in [0, 0.1) is 21.7 Å². The van der Waals surface area contributed by atoms with E-state index in [0.717, 1.165) is 32.7 Å². The summed E-state index contributed by atoms with van der Waals surface area (Å²) in [6.07, 6.45) is 0.321. The largest absolute Gasteiger partial charge is 0.301 e. The van der Waals surface area contributed by atoms with Gasteiger partial charge in [-0.2, -0.15) is 5.26 Å². The van der Waals surface area contributed by atoms with Crippen LogP contribution in [0.1, 0.15) is 48.4 Å². The predicted octanol–water partition coefficient (Wildman–Crippen LogP) is 6.49. The first-order chi connectivity index (χ1) is 17.8. The second-order valence-corrected chi connectivity index (χ2v) is 10.7. The molecule has 5 rings (SSSR count). The molecule has 0 saturated heterocycles. The summed E-state index contributed by atoms with van der Waals surface area (Å²) in [7, 11) is 1.54. The summed E-state index contributed by atoms with van der Waals surface area (Å²) < 4.78 is 1.00. The molecule has 4 aromatic rings. The molecule has 0 fully saturated rings. The highest BCUT2D eigenvalue weighted by molar-refractivity contribution is 7.14. The number of amides is 1. The lowest BCUT2D eigenvalue weighted by atomic mass is 9.57. The molecule has 1 N–H and O–H groups in total. The molecular formula is C30H27N4O2S+. The number of hydrogen-bond acceptors (Lipinski definition) is 5. The third kappa shape index (κ3) is 4.04. The zero-order valence-corrected chi connectivity index (χ0v) is 21.8. The molecule has 0 aliphatic heterocycles. The monoisotopic (exact) mass is 507 g/mol. The molecule has 1 heterocycles. The van der Waals surface area contributed by atoms with Crippen LogP contribution in [0.3, 0.4) is 0 Å². The molecule has 184 valence electrons. The molecule has 0 bridgehead atoms. The smallest absolute Gasteiger partial charge is 0.261 e. The van der Waals surface area contributed by atoms with Gasteiger partial charge < -0.3 is 5.32 Å². The first-order valence-corrected chi connectivity index (χ1v) is 13.0. The van der Waals surface area contributed by atoms with E-state index in [1.807, 2.05) is 79.0 Å². The van der Waals surface area contributed by atoms with Gasteiger partial charge in [-0.1, -0.05) is 73.7 Å². The summed E-state index contributed by atoms with van der Waals surface area (Å²) in [4.78, 5) is 32.0. The molecule has 1 aromatic heterocycles. The van der Waals surface area contributed by atoms with Gasteiger partial charge >= 0.3 is 0 Å². The molecule has 3 unspecified atom stereocenters. The standard InChI is InChI=1S/C30H26N4O2S/c1-20-24-11-7-8-12-25(24)30(34(3)36,23-9-5-4-6-10-23)19-29(20,2)27(35)33-28-32-26(18-37-28)22-15-13-21(17-31)14-16-22/h4-16,18,20H,19H2,1-3H3/p+1. The van der Waals surface area contributed by atoms with Gasteiger partial charge in [0.25, 0.3) is 5.54 Å². The van der Waals surface area contributed by atoms with Gasteiger partial charge in [0.1, 0.15) is 0 Å². The molecule has 0 saturated carbocycles. The fourth-order valence-corrected chi connectivity index (χ4v) is 6.22. The average Bonchev–Trinajstić information content (AvgIpc) is 3.39. The van der Waals surface area contributed by atoms with E-state index >= 15 is 0 Å². The Kier molecular flexibility index (Phi) is 6.22. The SMILES string of the molecule is CC1c2ccccc2C(c2ccccc2)([N+](C)=O)CC1(C)C(=O)Nc1nc(-c2ccc(C#N)cc2)cs1. The minimum Gasteiger partial charge on any atom is -0.301 e. The van der Waals surface area contributed by atoms with Crippen LogP contribution < -0.4 is 5.32 Å².